The first-order valence-electron chi connectivity index (χ1n) is 3.55. The number of aromatic nitrogens is 3. The van der Waals surface area contributed by atoms with Crippen molar-refractivity contribution in [1.29, 1.82) is 0 Å². The molecule has 1 aromatic carbocycles. The van der Waals surface area contributed by atoms with Crippen LogP contribution in [0, 0.1) is 4.77 Å². The Labute approximate surface area is 74.7 Å². The average Bonchev–Trinajstić information content (AvgIpc) is 2.53. The monoisotopic (exact) mass is 177 g/mol. The SMILES string of the molecule is S=c1[nH]ncn1-c1ccccc1. The summed E-state index contributed by atoms with van der Waals surface area (Å²) in [4.78, 5) is 0. The van der Waals surface area contributed by atoms with E-state index < -0.39 is 0 Å². The van der Waals surface area contributed by atoms with Crippen LogP contribution in [-0.4, -0.2) is 14.8 Å². The minimum absolute atomic E-state index is 0.612. The summed E-state index contributed by atoms with van der Waals surface area (Å²) in [6.45, 7) is 0. The molecule has 0 unspecified atom stereocenters. The lowest BCUT2D eigenvalue weighted by molar-refractivity contribution is 1.03. The molecule has 0 radical (unpaired) electrons. The first-order valence-corrected chi connectivity index (χ1v) is 3.96. The van der Waals surface area contributed by atoms with E-state index in [0.717, 1.165) is 5.69 Å². The first-order chi connectivity index (χ1) is 5.88. The molecule has 0 aliphatic carbocycles. The highest BCUT2D eigenvalue weighted by Gasteiger charge is 1.94. The van der Waals surface area contributed by atoms with Gasteiger partial charge in [0.15, 0.2) is 4.77 Å². The summed E-state index contributed by atoms with van der Waals surface area (Å²) >= 11 is 5.01. The molecule has 1 heterocycles. The molecule has 0 aliphatic rings. The molecule has 4 heteroatoms. The predicted octanol–water partition coefficient (Wildman–Crippen LogP) is 1.93. The van der Waals surface area contributed by atoms with Gasteiger partial charge in [-0.15, -0.1) is 0 Å². The van der Waals surface area contributed by atoms with Gasteiger partial charge in [-0.1, -0.05) is 18.2 Å². The van der Waals surface area contributed by atoms with Crippen LogP contribution in [0.25, 0.3) is 5.69 Å². The average molecular weight is 177 g/mol. The number of nitrogens with one attached hydrogen (secondary N) is 1. The van der Waals surface area contributed by atoms with E-state index in [1.54, 1.807) is 6.33 Å². The van der Waals surface area contributed by atoms with Gasteiger partial charge in [-0.05, 0) is 24.4 Å². The standard InChI is InChI=1S/C8H7N3S/c12-8-10-9-6-11(8)7-4-2-1-3-5-7/h1-6H,(H,10,12). The Morgan fingerprint density at radius 3 is 2.58 bits per heavy atom. The fraction of sp³-hybridized carbons (Fsp3) is 0. The summed E-state index contributed by atoms with van der Waals surface area (Å²) in [6, 6.07) is 9.85. The molecule has 12 heavy (non-hydrogen) atoms. The van der Waals surface area contributed by atoms with E-state index >= 15 is 0 Å². The molecule has 0 saturated heterocycles. The van der Waals surface area contributed by atoms with Crippen LogP contribution < -0.4 is 0 Å². The third-order valence-corrected chi connectivity index (χ3v) is 1.87. The Kier molecular flexibility index (Phi) is 1.75. The maximum Gasteiger partial charge on any atom is 0.199 e. The number of rotatable bonds is 1. The zero-order valence-electron chi connectivity index (χ0n) is 6.27. The Morgan fingerprint density at radius 2 is 2.00 bits per heavy atom. The van der Waals surface area contributed by atoms with Crippen molar-refractivity contribution in [3.63, 3.8) is 0 Å². The molecule has 0 spiro atoms. The summed E-state index contributed by atoms with van der Waals surface area (Å²) in [5.74, 6) is 0. The molecular weight excluding hydrogens is 170 g/mol. The van der Waals surface area contributed by atoms with Crippen molar-refractivity contribution in [2.75, 3.05) is 0 Å². The molecule has 60 valence electrons. The number of H-pyrrole nitrogens is 1. The van der Waals surface area contributed by atoms with Gasteiger partial charge in [0.2, 0.25) is 0 Å². The van der Waals surface area contributed by atoms with Gasteiger partial charge in [0.1, 0.15) is 6.33 Å². The maximum absolute atomic E-state index is 5.01. The number of hydrogen-bond donors (Lipinski definition) is 1. The van der Waals surface area contributed by atoms with Gasteiger partial charge in [0, 0.05) is 5.69 Å². The molecule has 1 aromatic heterocycles. The lowest BCUT2D eigenvalue weighted by atomic mass is 10.3. The van der Waals surface area contributed by atoms with Crippen LogP contribution in [0.3, 0.4) is 0 Å². The highest BCUT2D eigenvalue weighted by atomic mass is 32.1. The minimum Gasteiger partial charge on any atom is -0.275 e. The predicted molar refractivity (Wildman–Crippen MR) is 48.7 cm³/mol. The normalized spacial score (nSPS) is 10.0. The van der Waals surface area contributed by atoms with Gasteiger partial charge in [-0.2, -0.15) is 5.10 Å². The molecule has 0 saturated carbocycles. The van der Waals surface area contributed by atoms with Crippen molar-refractivity contribution >= 4 is 12.2 Å². The number of benzene rings is 1. The highest BCUT2D eigenvalue weighted by molar-refractivity contribution is 7.71. The summed E-state index contributed by atoms with van der Waals surface area (Å²) in [5, 5.41) is 6.53. The van der Waals surface area contributed by atoms with Crippen LogP contribution >= 0.6 is 12.2 Å². The van der Waals surface area contributed by atoms with Gasteiger partial charge in [-0.3, -0.25) is 9.67 Å². The van der Waals surface area contributed by atoms with Crippen molar-refractivity contribution in [2.24, 2.45) is 0 Å². The van der Waals surface area contributed by atoms with Gasteiger partial charge in [0.05, 0.1) is 0 Å². The fourth-order valence-electron chi connectivity index (χ4n) is 1.02. The second-order valence-corrected chi connectivity index (χ2v) is 2.75. The summed E-state index contributed by atoms with van der Waals surface area (Å²) in [5.41, 5.74) is 1.02. The molecule has 1 N–H and O–H groups in total. The Bertz CT molecular complexity index is 415. The van der Waals surface area contributed by atoms with Crippen LogP contribution in [-0.2, 0) is 0 Å². The van der Waals surface area contributed by atoms with Gasteiger partial charge < -0.3 is 0 Å². The van der Waals surface area contributed by atoms with E-state index in [9.17, 15) is 0 Å². The number of para-hydroxylation sites is 1. The molecule has 0 fully saturated rings. The van der Waals surface area contributed by atoms with Crippen LogP contribution in [0.15, 0.2) is 36.7 Å². The van der Waals surface area contributed by atoms with Crippen molar-refractivity contribution < 1.29 is 0 Å². The van der Waals surface area contributed by atoms with E-state index in [1.165, 1.54) is 0 Å². The molecule has 0 amide bonds. The van der Waals surface area contributed by atoms with Gasteiger partial charge in [0.25, 0.3) is 0 Å². The van der Waals surface area contributed by atoms with Crippen LogP contribution in [0.4, 0.5) is 0 Å². The molecular formula is C8H7N3S. The minimum atomic E-state index is 0.612. The summed E-state index contributed by atoms with van der Waals surface area (Å²) in [7, 11) is 0. The zero-order valence-corrected chi connectivity index (χ0v) is 7.08. The second kappa shape index (κ2) is 2.91. The summed E-state index contributed by atoms with van der Waals surface area (Å²) in [6.07, 6.45) is 1.66. The van der Waals surface area contributed by atoms with Crippen molar-refractivity contribution in [3.8, 4) is 5.69 Å². The zero-order chi connectivity index (χ0) is 8.39. The van der Waals surface area contributed by atoms with Crippen molar-refractivity contribution in [1.82, 2.24) is 14.8 Å². The number of aromatic amines is 1. The highest BCUT2D eigenvalue weighted by Crippen LogP contribution is 2.05. The number of nitrogens with zero attached hydrogens (tertiary/aromatic N) is 2. The molecule has 0 aliphatic heterocycles. The van der Waals surface area contributed by atoms with Gasteiger partial charge >= 0.3 is 0 Å². The topological polar surface area (TPSA) is 33.6 Å². The van der Waals surface area contributed by atoms with Crippen LogP contribution in [0.2, 0.25) is 0 Å². The fourth-order valence-corrected chi connectivity index (χ4v) is 1.23. The Balaban J connectivity index is 2.59. The summed E-state index contributed by atoms with van der Waals surface area (Å²) < 4.78 is 2.43. The third-order valence-electron chi connectivity index (χ3n) is 1.59. The van der Waals surface area contributed by atoms with Crippen LogP contribution in [0.5, 0.6) is 0 Å². The molecule has 2 rings (SSSR count). The van der Waals surface area contributed by atoms with E-state index in [2.05, 4.69) is 10.2 Å². The van der Waals surface area contributed by atoms with Gasteiger partial charge in [-0.25, -0.2) is 0 Å². The van der Waals surface area contributed by atoms with E-state index in [-0.39, 0.29) is 0 Å². The lowest BCUT2D eigenvalue weighted by Gasteiger charge is -1.98. The lowest BCUT2D eigenvalue weighted by Crippen LogP contribution is -1.90. The first kappa shape index (κ1) is 7.24. The maximum atomic E-state index is 5.01. The smallest absolute Gasteiger partial charge is 0.199 e. The largest absolute Gasteiger partial charge is 0.275 e. The Hall–Kier alpha value is -1.42. The number of hydrogen-bond acceptors (Lipinski definition) is 2. The van der Waals surface area contributed by atoms with E-state index in [0.29, 0.717) is 4.77 Å². The molecule has 0 bridgehead atoms. The second-order valence-electron chi connectivity index (χ2n) is 2.37. The molecule has 3 nitrogen and oxygen atoms in total. The Morgan fingerprint density at radius 1 is 1.25 bits per heavy atom. The van der Waals surface area contributed by atoms with E-state index in [1.807, 2.05) is 34.9 Å². The van der Waals surface area contributed by atoms with Crippen molar-refractivity contribution in [3.05, 3.63) is 41.4 Å². The molecule has 0 atom stereocenters. The van der Waals surface area contributed by atoms with Crippen molar-refractivity contribution in [2.45, 2.75) is 0 Å². The molecule has 2 aromatic rings. The van der Waals surface area contributed by atoms with E-state index in [4.69, 9.17) is 12.2 Å². The van der Waals surface area contributed by atoms with Crippen LogP contribution in [0.1, 0.15) is 0 Å². The third kappa shape index (κ3) is 1.16. The quantitative estimate of drug-likeness (QED) is 0.675.